The second kappa shape index (κ2) is 20.5. The smallest absolute Gasteiger partial charge is 0.307 e. The van der Waals surface area contributed by atoms with E-state index in [1.807, 2.05) is 30.3 Å². The molecule has 198 valence electrons. The molecule has 1 aromatic carbocycles. The second-order valence-corrected chi connectivity index (χ2v) is 8.12. The molecule has 10 nitrogen and oxygen atoms in total. The molecular formula is C24H40ClN5O5. The summed E-state index contributed by atoms with van der Waals surface area (Å²) in [6, 6.07) is 9.31. The zero-order chi connectivity index (χ0) is 25.0. The van der Waals surface area contributed by atoms with E-state index in [9.17, 15) is 19.5 Å². The fourth-order valence-corrected chi connectivity index (χ4v) is 3.13. The lowest BCUT2D eigenvalue weighted by molar-refractivity contribution is -0.144. The molecule has 1 rings (SSSR count). The van der Waals surface area contributed by atoms with Gasteiger partial charge in [0.2, 0.25) is 11.8 Å². The third kappa shape index (κ3) is 19.2. The number of halogens is 1. The zero-order valence-corrected chi connectivity index (χ0v) is 21.0. The molecule has 1 aromatic rings. The van der Waals surface area contributed by atoms with E-state index in [0.29, 0.717) is 13.0 Å². The van der Waals surface area contributed by atoms with Gasteiger partial charge in [-0.05, 0) is 18.4 Å². The molecule has 2 amide bonds. The van der Waals surface area contributed by atoms with E-state index in [4.69, 9.17) is 15.9 Å². The lowest BCUT2D eigenvalue weighted by atomic mass is 10.1. The van der Waals surface area contributed by atoms with Crippen molar-refractivity contribution in [3.63, 3.8) is 0 Å². The highest BCUT2D eigenvalue weighted by atomic mass is 35.5. The number of rotatable bonds is 18. The lowest BCUT2D eigenvalue weighted by Crippen LogP contribution is -2.36. The molecule has 7 N–H and O–H groups in total. The van der Waals surface area contributed by atoms with E-state index >= 15 is 0 Å². The number of ether oxygens (including phenoxy) is 1. The van der Waals surface area contributed by atoms with Crippen LogP contribution in [-0.4, -0.2) is 54.6 Å². The minimum absolute atomic E-state index is 0. The molecule has 11 heteroatoms. The van der Waals surface area contributed by atoms with Gasteiger partial charge in [0, 0.05) is 26.1 Å². The zero-order valence-electron chi connectivity index (χ0n) is 20.2. The van der Waals surface area contributed by atoms with E-state index in [2.05, 4.69) is 16.0 Å². The van der Waals surface area contributed by atoms with Gasteiger partial charge < -0.3 is 31.5 Å². The molecule has 0 aliphatic heterocycles. The molecule has 0 aliphatic carbocycles. The van der Waals surface area contributed by atoms with Crippen molar-refractivity contribution in [1.29, 1.82) is 5.41 Å². The van der Waals surface area contributed by atoms with Crippen molar-refractivity contribution in [2.24, 2.45) is 5.73 Å². The maximum atomic E-state index is 11.9. The Morgan fingerprint density at radius 3 is 2.23 bits per heavy atom. The number of nitrogens with two attached hydrogens (primary N) is 1. The Bertz CT molecular complexity index is 751. The van der Waals surface area contributed by atoms with Gasteiger partial charge in [-0.3, -0.25) is 19.8 Å². The Hall–Kier alpha value is -2.85. The average Bonchev–Trinajstić information content (AvgIpc) is 2.80. The molecule has 0 bridgehead atoms. The first-order chi connectivity index (χ1) is 16.4. The van der Waals surface area contributed by atoms with Gasteiger partial charge in [0.15, 0.2) is 5.96 Å². The standard InChI is InChI=1S/C24H39N5O5.ClH/c25-24(26)28-14-9-4-2-1-3-8-12-21(31)29-17-20(30)16-22(32)27-15-13-23(33)34-18-19-10-6-5-7-11-19;/h5-7,10-11,20,30H,1-4,8-9,12-18H2,(H,27,32)(H,29,31)(H4,25,26,28);1H/t20-;/m0./s1. The summed E-state index contributed by atoms with van der Waals surface area (Å²) in [6.45, 7) is 1.03. The van der Waals surface area contributed by atoms with Gasteiger partial charge in [0.1, 0.15) is 6.61 Å². The Morgan fingerprint density at radius 2 is 1.54 bits per heavy atom. The molecule has 1 atom stereocenters. The minimum Gasteiger partial charge on any atom is -0.461 e. The highest BCUT2D eigenvalue weighted by Gasteiger charge is 2.13. The van der Waals surface area contributed by atoms with E-state index < -0.39 is 18.0 Å². The van der Waals surface area contributed by atoms with Crippen LogP contribution in [0, 0.1) is 5.41 Å². The van der Waals surface area contributed by atoms with E-state index in [1.165, 1.54) is 0 Å². The molecular weight excluding hydrogens is 474 g/mol. The third-order valence-corrected chi connectivity index (χ3v) is 5.00. The van der Waals surface area contributed by atoms with Crippen molar-refractivity contribution >= 4 is 36.2 Å². The maximum Gasteiger partial charge on any atom is 0.307 e. The van der Waals surface area contributed by atoms with Crippen LogP contribution in [0.2, 0.25) is 0 Å². The molecule has 0 radical (unpaired) electrons. The number of benzene rings is 1. The van der Waals surface area contributed by atoms with Gasteiger partial charge in [-0.25, -0.2) is 0 Å². The summed E-state index contributed by atoms with van der Waals surface area (Å²) < 4.78 is 5.13. The summed E-state index contributed by atoms with van der Waals surface area (Å²) in [5.41, 5.74) is 6.09. The fourth-order valence-electron chi connectivity index (χ4n) is 3.13. The molecule has 0 fully saturated rings. The molecule has 0 saturated heterocycles. The number of amides is 2. The van der Waals surface area contributed by atoms with Crippen molar-refractivity contribution in [2.45, 2.75) is 70.5 Å². The molecule has 0 saturated carbocycles. The third-order valence-electron chi connectivity index (χ3n) is 5.00. The summed E-state index contributed by atoms with van der Waals surface area (Å²) in [4.78, 5) is 35.5. The summed E-state index contributed by atoms with van der Waals surface area (Å²) in [7, 11) is 0. The largest absolute Gasteiger partial charge is 0.461 e. The summed E-state index contributed by atoms with van der Waals surface area (Å²) in [5.74, 6) is -0.960. The molecule has 0 unspecified atom stereocenters. The predicted molar refractivity (Wildman–Crippen MR) is 137 cm³/mol. The van der Waals surface area contributed by atoms with Crippen molar-refractivity contribution < 1.29 is 24.2 Å². The monoisotopic (exact) mass is 513 g/mol. The highest BCUT2D eigenvalue weighted by molar-refractivity contribution is 5.85. The summed E-state index contributed by atoms with van der Waals surface area (Å²) in [5, 5.41) is 25.0. The number of aliphatic hydroxyl groups is 1. The van der Waals surface area contributed by atoms with Crippen LogP contribution in [-0.2, 0) is 25.7 Å². The maximum absolute atomic E-state index is 11.9. The van der Waals surface area contributed by atoms with Crippen LogP contribution < -0.4 is 21.7 Å². The number of guanidine groups is 1. The average molecular weight is 514 g/mol. The number of carbonyl (C=O) groups excluding carboxylic acids is 3. The van der Waals surface area contributed by atoms with Crippen molar-refractivity contribution in [3.8, 4) is 0 Å². The number of unbranched alkanes of at least 4 members (excludes halogenated alkanes) is 5. The van der Waals surface area contributed by atoms with Gasteiger partial charge in [-0.1, -0.05) is 56.0 Å². The quantitative estimate of drug-likeness (QED) is 0.0752. The predicted octanol–water partition coefficient (Wildman–Crippen LogP) is 1.74. The number of esters is 1. The number of hydrogen-bond acceptors (Lipinski definition) is 6. The Morgan fingerprint density at radius 1 is 0.886 bits per heavy atom. The Kier molecular flexibility index (Phi) is 18.8. The van der Waals surface area contributed by atoms with Crippen molar-refractivity contribution in [1.82, 2.24) is 16.0 Å². The summed E-state index contributed by atoms with van der Waals surface area (Å²) >= 11 is 0. The number of hydrogen-bond donors (Lipinski definition) is 6. The molecule has 0 aliphatic rings. The topological polar surface area (TPSA) is 167 Å². The minimum atomic E-state index is -0.988. The van der Waals surface area contributed by atoms with Crippen LogP contribution >= 0.6 is 12.4 Å². The number of carbonyl (C=O) groups is 3. The van der Waals surface area contributed by atoms with E-state index in [0.717, 1.165) is 44.1 Å². The molecule has 0 spiro atoms. The van der Waals surface area contributed by atoms with Crippen molar-refractivity contribution in [2.75, 3.05) is 19.6 Å². The van der Waals surface area contributed by atoms with Crippen LogP contribution in [0.3, 0.4) is 0 Å². The van der Waals surface area contributed by atoms with Gasteiger partial charge >= 0.3 is 5.97 Å². The molecule has 0 heterocycles. The van der Waals surface area contributed by atoms with Gasteiger partial charge in [-0.15, -0.1) is 12.4 Å². The highest BCUT2D eigenvalue weighted by Crippen LogP contribution is 2.07. The van der Waals surface area contributed by atoms with Crippen LogP contribution in [0.4, 0.5) is 0 Å². The van der Waals surface area contributed by atoms with Gasteiger partial charge in [0.25, 0.3) is 0 Å². The van der Waals surface area contributed by atoms with Crippen LogP contribution in [0.15, 0.2) is 30.3 Å². The number of nitrogens with one attached hydrogen (secondary N) is 4. The first kappa shape index (κ1) is 32.1. The van der Waals surface area contributed by atoms with E-state index in [1.54, 1.807) is 0 Å². The Labute approximate surface area is 213 Å². The molecule has 35 heavy (non-hydrogen) atoms. The normalized spacial score (nSPS) is 11.0. The van der Waals surface area contributed by atoms with Crippen LogP contribution in [0.1, 0.15) is 63.4 Å². The van der Waals surface area contributed by atoms with Gasteiger partial charge in [0.05, 0.1) is 18.9 Å². The summed E-state index contributed by atoms with van der Waals surface area (Å²) in [6.07, 6.45) is 5.13. The molecule has 0 aromatic heterocycles. The first-order valence-corrected chi connectivity index (χ1v) is 11.9. The van der Waals surface area contributed by atoms with Crippen molar-refractivity contribution in [3.05, 3.63) is 35.9 Å². The fraction of sp³-hybridized carbons (Fsp3) is 0.583. The van der Waals surface area contributed by atoms with Crippen LogP contribution in [0.25, 0.3) is 0 Å². The van der Waals surface area contributed by atoms with E-state index in [-0.39, 0.29) is 56.8 Å². The number of aliphatic hydroxyl groups excluding tert-OH is 1. The lowest BCUT2D eigenvalue weighted by Gasteiger charge is -2.12. The van der Waals surface area contributed by atoms with Crippen LogP contribution in [0.5, 0.6) is 0 Å². The first-order valence-electron chi connectivity index (χ1n) is 11.9. The second-order valence-electron chi connectivity index (χ2n) is 8.12. The Balaban J connectivity index is 0.0000116. The van der Waals surface area contributed by atoms with Gasteiger partial charge in [-0.2, -0.15) is 0 Å². The SMILES string of the molecule is Cl.N=C(N)NCCCCCCCCC(=O)NC[C@@H](O)CC(=O)NCCC(=O)OCc1ccccc1.